The second kappa shape index (κ2) is 6.67. The van der Waals surface area contributed by atoms with Crippen molar-refractivity contribution >= 4 is 0 Å². The molecule has 0 atom stereocenters. The first kappa shape index (κ1) is 15.9. The van der Waals surface area contributed by atoms with Crippen LogP contribution in [0.3, 0.4) is 0 Å². The first-order valence-corrected chi connectivity index (χ1v) is 7.89. The number of hydrogen-bond donors (Lipinski definition) is 3. The molecule has 0 unspecified atom stereocenters. The zero-order chi connectivity index (χ0) is 17.1. The lowest BCUT2D eigenvalue weighted by Crippen LogP contribution is -1.97. The van der Waals surface area contributed by atoms with Crippen molar-refractivity contribution in [1.82, 2.24) is 0 Å². The van der Waals surface area contributed by atoms with E-state index in [4.69, 9.17) is 0 Å². The third-order valence-corrected chi connectivity index (χ3v) is 4.24. The highest BCUT2D eigenvalue weighted by atomic mass is 16.3. The van der Waals surface area contributed by atoms with E-state index in [1.807, 2.05) is 48.5 Å². The van der Waals surface area contributed by atoms with Gasteiger partial charge in [-0.1, -0.05) is 42.5 Å². The van der Waals surface area contributed by atoms with Gasteiger partial charge in [0.2, 0.25) is 0 Å². The molecule has 3 nitrogen and oxygen atoms in total. The zero-order valence-corrected chi connectivity index (χ0v) is 13.5. The van der Waals surface area contributed by atoms with Gasteiger partial charge in [-0.3, -0.25) is 0 Å². The van der Waals surface area contributed by atoms with Crippen LogP contribution in [0.5, 0.6) is 17.2 Å². The van der Waals surface area contributed by atoms with E-state index < -0.39 is 0 Å². The first-order valence-electron chi connectivity index (χ1n) is 7.89. The number of phenols is 3. The van der Waals surface area contributed by atoms with Gasteiger partial charge in [0.15, 0.2) is 0 Å². The minimum atomic E-state index is 0.123. The summed E-state index contributed by atoms with van der Waals surface area (Å²) in [6.07, 6.45) is 1.14. The summed E-state index contributed by atoms with van der Waals surface area (Å²) in [6.45, 7) is 1.72. The third kappa shape index (κ3) is 3.35. The van der Waals surface area contributed by atoms with Gasteiger partial charge in [0, 0.05) is 18.4 Å². The first-order chi connectivity index (χ1) is 11.5. The predicted octanol–water partition coefficient (Wildman–Crippen LogP) is 4.29. The molecule has 24 heavy (non-hydrogen) atoms. The van der Waals surface area contributed by atoms with Crippen molar-refractivity contribution in [3.05, 3.63) is 88.5 Å². The number of phenolic OH excluding ortho intramolecular Hbond substituents is 3. The fourth-order valence-corrected chi connectivity index (χ4v) is 2.86. The molecule has 0 heterocycles. The molecule has 0 spiro atoms. The van der Waals surface area contributed by atoms with Crippen LogP contribution in [0.1, 0.15) is 27.8 Å². The Labute approximate surface area is 141 Å². The Morgan fingerprint density at radius 1 is 0.667 bits per heavy atom. The van der Waals surface area contributed by atoms with E-state index in [1.54, 1.807) is 19.1 Å². The molecule has 3 N–H and O–H groups in total. The fourth-order valence-electron chi connectivity index (χ4n) is 2.86. The van der Waals surface area contributed by atoms with Crippen LogP contribution >= 0.6 is 0 Å². The SMILES string of the molecule is Cc1c(O)c(Cc2ccccc2)cc(Cc2ccc(O)cc2)c1O. The van der Waals surface area contributed by atoms with Gasteiger partial charge in [-0.2, -0.15) is 0 Å². The maximum absolute atomic E-state index is 10.4. The lowest BCUT2D eigenvalue weighted by molar-refractivity contribution is 0.436. The van der Waals surface area contributed by atoms with E-state index in [1.165, 1.54) is 0 Å². The van der Waals surface area contributed by atoms with Crippen LogP contribution in [-0.4, -0.2) is 15.3 Å². The molecular formula is C21H20O3. The second-order valence-corrected chi connectivity index (χ2v) is 6.02. The highest BCUT2D eigenvalue weighted by molar-refractivity contribution is 5.55. The largest absolute Gasteiger partial charge is 0.508 e. The summed E-state index contributed by atoms with van der Waals surface area (Å²) in [7, 11) is 0. The van der Waals surface area contributed by atoms with E-state index >= 15 is 0 Å². The van der Waals surface area contributed by atoms with Crippen molar-refractivity contribution in [2.24, 2.45) is 0 Å². The van der Waals surface area contributed by atoms with Gasteiger partial charge in [0.1, 0.15) is 17.2 Å². The van der Waals surface area contributed by atoms with Crippen LogP contribution in [0.2, 0.25) is 0 Å². The van der Waals surface area contributed by atoms with Crippen molar-refractivity contribution in [3.8, 4) is 17.2 Å². The molecule has 3 aromatic rings. The van der Waals surface area contributed by atoms with Crippen LogP contribution in [0, 0.1) is 6.92 Å². The van der Waals surface area contributed by atoms with Crippen molar-refractivity contribution in [1.29, 1.82) is 0 Å². The zero-order valence-electron chi connectivity index (χ0n) is 13.5. The Morgan fingerprint density at radius 3 is 1.71 bits per heavy atom. The number of hydrogen-bond acceptors (Lipinski definition) is 3. The summed E-state index contributed by atoms with van der Waals surface area (Å²) in [5.41, 5.74) is 4.15. The van der Waals surface area contributed by atoms with Crippen molar-refractivity contribution in [3.63, 3.8) is 0 Å². The monoisotopic (exact) mass is 320 g/mol. The smallest absolute Gasteiger partial charge is 0.125 e. The van der Waals surface area contributed by atoms with E-state index in [2.05, 4.69) is 0 Å². The Kier molecular flexibility index (Phi) is 4.43. The summed E-state index contributed by atoms with van der Waals surface area (Å²) >= 11 is 0. The third-order valence-electron chi connectivity index (χ3n) is 4.24. The van der Waals surface area contributed by atoms with Gasteiger partial charge in [0.05, 0.1) is 0 Å². The molecule has 0 aromatic heterocycles. The predicted molar refractivity (Wildman–Crippen MR) is 94.7 cm³/mol. The molecule has 3 aromatic carbocycles. The van der Waals surface area contributed by atoms with Crippen LogP contribution in [0.4, 0.5) is 0 Å². The average molecular weight is 320 g/mol. The van der Waals surface area contributed by atoms with Gasteiger partial charge in [0.25, 0.3) is 0 Å². The highest BCUT2D eigenvalue weighted by Crippen LogP contribution is 2.35. The number of rotatable bonds is 4. The average Bonchev–Trinajstić information content (AvgIpc) is 2.60. The molecule has 0 saturated heterocycles. The Hall–Kier alpha value is -2.94. The summed E-state index contributed by atoms with van der Waals surface area (Å²) < 4.78 is 0. The Balaban J connectivity index is 1.95. The molecule has 0 aliphatic heterocycles. The molecule has 3 rings (SSSR count). The molecular weight excluding hydrogens is 300 g/mol. The molecule has 122 valence electrons. The van der Waals surface area contributed by atoms with Gasteiger partial charge in [-0.25, -0.2) is 0 Å². The van der Waals surface area contributed by atoms with Crippen molar-refractivity contribution < 1.29 is 15.3 Å². The summed E-state index contributed by atoms with van der Waals surface area (Å²) in [5.74, 6) is 0.484. The Bertz CT molecular complexity index is 837. The second-order valence-electron chi connectivity index (χ2n) is 6.02. The van der Waals surface area contributed by atoms with E-state index in [-0.39, 0.29) is 17.2 Å². The molecule has 0 bridgehead atoms. The number of aromatic hydroxyl groups is 3. The quantitative estimate of drug-likeness (QED) is 0.672. The molecule has 3 heteroatoms. The van der Waals surface area contributed by atoms with Crippen LogP contribution in [0.15, 0.2) is 60.7 Å². The van der Waals surface area contributed by atoms with Crippen LogP contribution in [-0.2, 0) is 12.8 Å². The lowest BCUT2D eigenvalue weighted by Gasteiger charge is -2.14. The molecule has 0 fully saturated rings. The van der Waals surface area contributed by atoms with E-state index in [0.29, 0.717) is 18.4 Å². The summed E-state index contributed by atoms with van der Waals surface area (Å²) in [5, 5.41) is 30.1. The Morgan fingerprint density at radius 2 is 1.17 bits per heavy atom. The highest BCUT2D eigenvalue weighted by Gasteiger charge is 2.15. The summed E-state index contributed by atoms with van der Waals surface area (Å²) in [4.78, 5) is 0. The van der Waals surface area contributed by atoms with Gasteiger partial charge in [-0.15, -0.1) is 0 Å². The van der Waals surface area contributed by atoms with E-state index in [0.717, 1.165) is 22.3 Å². The fraction of sp³-hybridized carbons (Fsp3) is 0.143. The standard InChI is InChI=1S/C21H20O3/c1-14-20(23)17(11-15-5-3-2-4-6-15)13-18(21(14)24)12-16-7-9-19(22)10-8-16/h2-10,13,22-24H,11-12H2,1H3. The summed E-state index contributed by atoms with van der Waals surface area (Å²) in [6, 6.07) is 18.7. The molecule has 0 aliphatic rings. The maximum atomic E-state index is 10.4. The van der Waals surface area contributed by atoms with Gasteiger partial charge in [-0.05, 0) is 47.4 Å². The minimum absolute atomic E-state index is 0.123. The van der Waals surface area contributed by atoms with Crippen LogP contribution < -0.4 is 0 Å². The maximum Gasteiger partial charge on any atom is 0.125 e. The molecule has 0 aliphatic carbocycles. The molecule has 0 saturated carbocycles. The van der Waals surface area contributed by atoms with Gasteiger partial charge >= 0.3 is 0 Å². The molecule has 0 amide bonds. The van der Waals surface area contributed by atoms with Crippen molar-refractivity contribution in [2.45, 2.75) is 19.8 Å². The van der Waals surface area contributed by atoms with Crippen LogP contribution in [0.25, 0.3) is 0 Å². The number of benzene rings is 3. The molecule has 0 radical (unpaired) electrons. The minimum Gasteiger partial charge on any atom is -0.508 e. The van der Waals surface area contributed by atoms with E-state index in [9.17, 15) is 15.3 Å². The van der Waals surface area contributed by atoms with Crippen molar-refractivity contribution in [2.75, 3.05) is 0 Å². The van der Waals surface area contributed by atoms with Gasteiger partial charge < -0.3 is 15.3 Å². The topological polar surface area (TPSA) is 60.7 Å². The normalized spacial score (nSPS) is 10.7. The lowest BCUT2D eigenvalue weighted by atomic mass is 9.94.